The molecular formula is C19H26BrFN6. The molecule has 0 amide bonds. The molecule has 1 aromatic heterocycles. The van der Waals surface area contributed by atoms with Crippen molar-refractivity contribution in [3.63, 3.8) is 0 Å². The first-order valence-corrected chi connectivity index (χ1v) is 10.3. The van der Waals surface area contributed by atoms with Gasteiger partial charge in [0.05, 0.1) is 0 Å². The van der Waals surface area contributed by atoms with E-state index in [4.69, 9.17) is 0 Å². The van der Waals surface area contributed by atoms with E-state index in [9.17, 15) is 4.39 Å². The van der Waals surface area contributed by atoms with Crippen LogP contribution in [0, 0.1) is 5.82 Å². The van der Waals surface area contributed by atoms with Crippen LogP contribution in [-0.4, -0.2) is 33.8 Å². The van der Waals surface area contributed by atoms with E-state index in [0.29, 0.717) is 13.0 Å². The Hall–Kier alpha value is -1.96. The first kappa shape index (κ1) is 19.8. The number of benzene rings is 1. The summed E-state index contributed by atoms with van der Waals surface area (Å²) in [5, 5.41) is 15.1. The Balaban J connectivity index is 1.51. The van der Waals surface area contributed by atoms with Crippen molar-refractivity contribution in [2.24, 2.45) is 4.99 Å². The van der Waals surface area contributed by atoms with Crippen molar-refractivity contribution in [1.82, 2.24) is 25.4 Å². The van der Waals surface area contributed by atoms with Crippen LogP contribution < -0.4 is 10.6 Å². The molecule has 0 spiro atoms. The fourth-order valence-corrected chi connectivity index (χ4v) is 3.52. The molecule has 0 saturated carbocycles. The average Bonchev–Trinajstić information content (AvgIpc) is 3.08. The summed E-state index contributed by atoms with van der Waals surface area (Å²) in [5.74, 6) is 2.57. The number of hydrogen-bond acceptors (Lipinski definition) is 3. The fraction of sp³-hybridized carbons (Fsp3) is 0.526. The van der Waals surface area contributed by atoms with Crippen molar-refractivity contribution in [2.75, 3.05) is 13.1 Å². The lowest BCUT2D eigenvalue weighted by Crippen LogP contribution is -2.38. The Labute approximate surface area is 167 Å². The van der Waals surface area contributed by atoms with Crippen LogP contribution in [0.15, 0.2) is 27.7 Å². The predicted octanol–water partition coefficient (Wildman–Crippen LogP) is 3.20. The van der Waals surface area contributed by atoms with Crippen molar-refractivity contribution < 1.29 is 4.39 Å². The normalized spacial score (nSPS) is 14.1. The summed E-state index contributed by atoms with van der Waals surface area (Å²) in [7, 11) is 0. The molecule has 1 aliphatic heterocycles. The smallest absolute Gasteiger partial charge is 0.191 e. The predicted molar refractivity (Wildman–Crippen MR) is 108 cm³/mol. The van der Waals surface area contributed by atoms with Crippen LogP contribution in [0.3, 0.4) is 0 Å². The third-order valence-corrected chi connectivity index (χ3v) is 5.08. The van der Waals surface area contributed by atoms with E-state index in [1.165, 1.54) is 18.9 Å². The van der Waals surface area contributed by atoms with Gasteiger partial charge in [-0.3, -0.25) is 0 Å². The van der Waals surface area contributed by atoms with Gasteiger partial charge >= 0.3 is 0 Å². The number of halogens is 2. The van der Waals surface area contributed by atoms with Crippen LogP contribution in [0.4, 0.5) is 4.39 Å². The highest BCUT2D eigenvalue weighted by Crippen LogP contribution is 2.16. The highest BCUT2D eigenvalue weighted by Gasteiger charge is 2.15. The highest BCUT2D eigenvalue weighted by atomic mass is 79.9. The van der Waals surface area contributed by atoms with E-state index in [1.54, 1.807) is 0 Å². The Morgan fingerprint density at radius 3 is 3.00 bits per heavy atom. The van der Waals surface area contributed by atoms with Gasteiger partial charge in [-0.2, -0.15) is 0 Å². The van der Waals surface area contributed by atoms with Gasteiger partial charge in [0, 0.05) is 30.5 Å². The Kier molecular flexibility index (Phi) is 7.20. The molecule has 0 aliphatic carbocycles. The van der Waals surface area contributed by atoms with Crippen molar-refractivity contribution in [2.45, 2.75) is 52.1 Å². The SMILES string of the molecule is CCNC(=NCc1nnc2n1CCCC2)NCCCc1ccc(Br)cc1F. The fourth-order valence-electron chi connectivity index (χ4n) is 3.19. The number of aliphatic imine (C=N–C) groups is 1. The number of rotatable bonds is 7. The Morgan fingerprint density at radius 2 is 2.19 bits per heavy atom. The molecule has 0 atom stereocenters. The van der Waals surface area contributed by atoms with E-state index in [2.05, 4.69) is 46.3 Å². The van der Waals surface area contributed by atoms with Crippen LogP contribution in [0.2, 0.25) is 0 Å². The van der Waals surface area contributed by atoms with E-state index in [-0.39, 0.29) is 5.82 Å². The number of aromatic nitrogens is 3. The third-order valence-electron chi connectivity index (χ3n) is 4.59. The lowest BCUT2D eigenvalue weighted by molar-refractivity contribution is 0.508. The average molecular weight is 437 g/mol. The number of nitrogens with zero attached hydrogens (tertiary/aromatic N) is 4. The molecule has 0 fully saturated rings. The lowest BCUT2D eigenvalue weighted by Gasteiger charge is -2.14. The second-order valence-electron chi connectivity index (χ2n) is 6.60. The molecule has 27 heavy (non-hydrogen) atoms. The van der Waals surface area contributed by atoms with Gasteiger partial charge in [-0.1, -0.05) is 22.0 Å². The van der Waals surface area contributed by atoms with Crippen LogP contribution in [0.1, 0.15) is 43.4 Å². The van der Waals surface area contributed by atoms with Crippen LogP contribution in [0.25, 0.3) is 0 Å². The monoisotopic (exact) mass is 436 g/mol. The van der Waals surface area contributed by atoms with Gasteiger partial charge in [0.15, 0.2) is 11.8 Å². The van der Waals surface area contributed by atoms with E-state index in [0.717, 1.165) is 60.1 Å². The quantitative estimate of drug-likeness (QED) is 0.397. The van der Waals surface area contributed by atoms with E-state index in [1.807, 2.05) is 19.1 Å². The molecule has 2 aromatic rings. The number of hydrogen-bond donors (Lipinski definition) is 2. The van der Waals surface area contributed by atoms with Gasteiger partial charge in [0.1, 0.15) is 18.2 Å². The van der Waals surface area contributed by atoms with Gasteiger partial charge < -0.3 is 15.2 Å². The topological polar surface area (TPSA) is 67.1 Å². The van der Waals surface area contributed by atoms with Crippen LogP contribution in [0.5, 0.6) is 0 Å². The molecule has 3 rings (SSSR count). The maximum absolute atomic E-state index is 13.9. The zero-order chi connectivity index (χ0) is 19.1. The summed E-state index contributed by atoms with van der Waals surface area (Å²) < 4.78 is 16.8. The second kappa shape index (κ2) is 9.82. The summed E-state index contributed by atoms with van der Waals surface area (Å²) in [6, 6.07) is 5.21. The van der Waals surface area contributed by atoms with Crippen molar-refractivity contribution in [3.05, 3.63) is 45.7 Å². The van der Waals surface area contributed by atoms with Gasteiger partial charge in [0.25, 0.3) is 0 Å². The maximum Gasteiger partial charge on any atom is 0.191 e. The molecule has 0 unspecified atom stereocenters. The number of guanidine groups is 1. The first-order chi connectivity index (χ1) is 13.2. The minimum Gasteiger partial charge on any atom is -0.357 e. The van der Waals surface area contributed by atoms with Gasteiger partial charge in [-0.15, -0.1) is 10.2 Å². The minimum absolute atomic E-state index is 0.165. The molecule has 2 N–H and O–H groups in total. The summed E-state index contributed by atoms with van der Waals surface area (Å²) in [6.45, 7) is 5.03. The molecule has 0 saturated heterocycles. The minimum atomic E-state index is -0.165. The van der Waals surface area contributed by atoms with Crippen molar-refractivity contribution in [3.8, 4) is 0 Å². The van der Waals surface area contributed by atoms with Gasteiger partial charge in [-0.25, -0.2) is 9.38 Å². The largest absolute Gasteiger partial charge is 0.357 e. The number of aryl methyl sites for hydroxylation is 2. The number of nitrogens with one attached hydrogen (secondary N) is 2. The third kappa shape index (κ3) is 5.51. The summed E-state index contributed by atoms with van der Waals surface area (Å²) >= 11 is 3.28. The molecule has 0 bridgehead atoms. The molecule has 6 nitrogen and oxygen atoms in total. The van der Waals surface area contributed by atoms with Gasteiger partial charge in [0.2, 0.25) is 0 Å². The Bertz CT molecular complexity index is 789. The number of fused-ring (bicyclic) bond motifs is 1. The van der Waals surface area contributed by atoms with Gasteiger partial charge in [-0.05, 0) is 50.3 Å². The highest BCUT2D eigenvalue weighted by molar-refractivity contribution is 9.10. The second-order valence-corrected chi connectivity index (χ2v) is 7.52. The first-order valence-electron chi connectivity index (χ1n) is 9.54. The molecule has 146 valence electrons. The molecule has 2 heterocycles. The van der Waals surface area contributed by atoms with E-state index < -0.39 is 0 Å². The maximum atomic E-state index is 13.9. The molecule has 1 aliphatic rings. The zero-order valence-electron chi connectivity index (χ0n) is 15.6. The van der Waals surface area contributed by atoms with Crippen LogP contribution in [-0.2, 0) is 25.9 Å². The molecule has 8 heteroatoms. The summed E-state index contributed by atoms with van der Waals surface area (Å²) in [6.07, 6.45) is 4.87. The summed E-state index contributed by atoms with van der Waals surface area (Å²) in [4.78, 5) is 4.63. The zero-order valence-corrected chi connectivity index (χ0v) is 17.2. The molecule has 1 aromatic carbocycles. The van der Waals surface area contributed by atoms with Crippen LogP contribution >= 0.6 is 15.9 Å². The van der Waals surface area contributed by atoms with Crippen molar-refractivity contribution in [1.29, 1.82) is 0 Å². The lowest BCUT2D eigenvalue weighted by atomic mass is 10.1. The summed E-state index contributed by atoms with van der Waals surface area (Å²) in [5.41, 5.74) is 0.733. The standard InChI is InChI=1S/C19H26BrFN6/c1-2-22-19(23-10-5-6-14-8-9-15(20)12-16(14)21)24-13-18-26-25-17-7-3-4-11-27(17)18/h8-9,12H,2-7,10-11,13H2,1H3,(H2,22,23,24). The van der Waals surface area contributed by atoms with Crippen molar-refractivity contribution >= 4 is 21.9 Å². The Morgan fingerprint density at radius 1 is 1.30 bits per heavy atom. The molecular weight excluding hydrogens is 411 g/mol. The van der Waals surface area contributed by atoms with E-state index >= 15 is 0 Å². The molecule has 0 radical (unpaired) electrons.